The van der Waals surface area contributed by atoms with E-state index in [1.165, 1.54) is 7.05 Å². The summed E-state index contributed by atoms with van der Waals surface area (Å²) in [6.07, 6.45) is -5.09. The summed E-state index contributed by atoms with van der Waals surface area (Å²) in [6, 6.07) is 0.335. The Morgan fingerprint density at radius 2 is 2.09 bits per heavy atom. The van der Waals surface area contributed by atoms with Crippen LogP contribution in [0.2, 0.25) is 0 Å². The number of nitrogens with one attached hydrogen (secondary N) is 1. The number of amides is 1. The predicted molar refractivity (Wildman–Crippen MR) is 85.1 cm³/mol. The van der Waals surface area contributed by atoms with Crippen LogP contribution in [0.4, 0.5) is 13.2 Å². The second-order valence-corrected chi connectivity index (χ2v) is 5.23. The molecule has 6 nitrogen and oxygen atoms in total. The van der Waals surface area contributed by atoms with E-state index in [4.69, 9.17) is 5.11 Å². The van der Waals surface area contributed by atoms with Crippen molar-refractivity contribution >= 4 is 35.8 Å². The molecule has 10 heteroatoms. The van der Waals surface area contributed by atoms with Gasteiger partial charge in [0.1, 0.15) is 0 Å². The molecule has 2 rings (SSSR count). The molecule has 1 atom stereocenters. The summed E-state index contributed by atoms with van der Waals surface area (Å²) in [7, 11) is 1.43. The first-order chi connectivity index (χ1) is 9.82. The lowest BCUT2D eigenvalue weighted by molar-refractivity contribution is -0.201. The van der Waals surface area contributed by atoms with Crippen molar-refractivity contribution in [3.8, 4) is 0 Å². The van der Waals surface area contributed by atoms with E-state index < -0.39 is 18.8 Å². The van der Waals surface area contributed by atoms with Crippen LogP contribution in [-0.2, 0) is 4.79 Å². The van der Waals surface area contributed by atoms with Crippen LogP contribution in [0.1, 0.15) is 12.8 Å². The Morgan fingerprint density at radius 3 is 2.55 bits per heavy atom. The molecule has 1 aliphatic carbocycles. The first kappa shape index (κ1) is 19.3. The molecule has 128 valence electrons. The molecule has 1 saturated carbocycles. The van der Waals surface area contributed by atoms with Crippen molar-refractivity contribution < 1.29 is 23.1 Å². The summed E-state index contributed by atoms with van der Waals surface area (Å²) in [5.41, 5.74) is 0. The van der Waals surface area contributed by atoms with Crippen molar-refractivity contribution in [1.82, 2.24) is 15.1 Å². The van der Waals surface area contributed by atoms with E-state index in [-0.39, 0.29) is 42.4 Å². The largest absolute Gasteiger partial charge is 0.416 e. The molecule has 0 radical (unpaired) electrons. The van der Waals surface area contributed by atoms with Gasteiger partial charge in [-0.2, -0.15) is 13.2 Å². The van der Waals surface area contributed by atoms with Crippen LogP contribution < -0.4 is 5.32 Å². The molecule has 0 spiro atoms. The number of carbonyl (C=O) groups is 1. The van der Waals surface area contributed by atoms with Gasteiger partial charge in [0, 0.05) is 26.2 Å². The number of rotatable bonds is 3. The van der Waals surface area contributed by atoms with Gasteiger partial charge in [0.05, 0.1) is 13.1 Å². The van der Waals surface area contributed by atoms with Gasteiger partial charge in [0.15, 0.2) is 12.1 Å². The Bertz CT molecular complexity index is 429. The second-order valence-electron chi connectivity index (χ2n) is 5.23. The van der Waals surface area contributed by atoms with Gasteiger partial charge in [-0.25, -0.2) is 0 Å². The minimum absolute atomic E-state index is 0. The number of aliphatic hydroxyl groups is 1. The molecule has 1 saturated heterocycles. The highest BCUT2D eigenvalue weighted by molar-refractivity contribution is 14.0. The molecule has 1 unspecified atom stereocenters. The van der Waals surface area contributed by atoms with Crippen molar-refractivity contribution in [2.75, 3.05) is 33.2 Å². The molecule has 0 aromatic carbocycles. The highest BCUT2D eigenvalue weighted by atomic mass is 127. The number of aliphatic hydroxyl groups excluding tert-OH is 1. The molecule has 1 aliphatic heterocycles. The van der Waals surface area contributed by atoms with E-state index >= 15 is 0 Å². The maximum Gasteiger partial charge on any atom is 0.416 e. The van der Waals surface area contributed by atoms with Crippen LogP contribution in [0.25, 0.3) is 0 Å². The summed E-state index contributed by atoms with van der Waals surface area (Å²) in [6.45, 7) is 0.474. The number of halogens is 4. The molecule has 0 bridgehead atoms. The average molecular weight is 436 g/mol. The molecule has 2 aliphatic rings. The zero-order chi connectivity index (χ0) is 15.6. The topological polar surface area (TPSA) is 68.2 Å². The van der Waals surface area contributed by atoms with Gasteiger partial charge in [-0.05, 0) is 12.8 Å². The third-order valence-electron chi connectivity index (χ3n) is 3.59. The lowest BCUT2D eigenvalue weighted by Crippen LogP contribution is -2.56. The monoisotopic (exact) mass is 436 g/mol. The highest BCUT2D eigenvalue weighted by Gasteiger charge is 2.39. The second kappa shape index (κ2) is 7.66. The maximum atomic E-state index is 12.3. The van der Waals surface area contributed by atoms with Crippen molar-refractivity contribution in [1.29, 1.82) is 0 Å². The lowest BCUT2D eigenvalue weighted by Gasteiger charge is -2.36. The van der Waals surface area contributed by atoms with Crippen LogP contribution >= 0.6 is 24.0 Å². The van der Waals surface area contributed by atoms with E-state index in [0.29, 0.717) is 19.1 Å². The first-order valence-corrected chi connectivity index (χ1v) is 6.82. The van der Waals surface area contributed by atoms with Crippen LogP contribution in [-0.4, -0.2) is 78.3 Å². The number of hydrogen-bond acceptors (Lipinski definition) is 3. The molecule has 1 amide bonds. The summed E-state index contributed by atoms with van der Waals surface area (Å²) in [5, 5.41) is 11.4. The van der Waals surface area contributed by atoms with Crippen molar-refractivity contribution in [2.24, 2.45) is 4.99 Å². The SMILES string of the molecule is CN=C(NCC(O)C(F)(F)F)N1CCN(C2CC2)C(=O)C1.I. The smallest absolute Gasteiger partial charge is 0.382 e. The van der Waals surface area contributed by atoms with Crippen LogP contribution in [0.15, 0.2) is 4.99 Å². The Hall–Kier alpha value is -0.780. The number of nitrogens with zero attached hydrogens (tertiary/aromatic N) is 3. The summed E-state index contributed by atoms with van der Waals surface area (Å²) < 4.78 is 36.8. The molecule has 2 N–H and O–H groups in total. The average Bonchev–Trinajstić information content (AvgIpc) is 3.22. The van der Waals surface area contributed by atoms with Gasteiger partial charge < -0.3 is 20.2 Å². The van der Waals surface area contributed by atoms with Crippen LogP contribution in [0, 0.1) is 0 Å². The zero-order valence-corrected chi connectivity index (χ0v) is 14.5. The Kier molecular flexibility index (Phi) is 6.71. The van der Waals surface area contributed by atoms with Crippen molar-refractivity contribution in [2.45, 2.75) is 31.2 Å². The van der Waals surface area contributed by atoms with E-state index in [2.05, 4.69) is 10.3 Å². The van der Waals surface area contributed by atoms with Crippen LogP contribution in [0.5, 0.6) is 0 Å². The Balaban J connectivity index is 0.00000242. The Labute approximate surface area is 143 Å². The standard InChI is InChI=1S/C12H19F3N4O2.HI/c1-16-11(17-6-9(20)12(13,14)15)18-4-5-19(8-2-3-8)10(21)7-18;/h8-9,20H,2-7H2,1H3,(H,16,17);1H. The minimum atomic E-state index is -4.67. The summed E-state index contributed by atoms with van der Waals surface area (Å²) >= 11 is 0. The number of piperazine rings is 1. The van der Waals surface area contributed by atoms with Gasteiger partial charge in [0.2, 0.25) is 5.91 Å². The fourth-order valence-electron chi connectivity index (χ4n) is 2.28. The van der Waals surface area contributed by atoms with Crippen molar-refractivity contribution in [3.05, 3.63) is 0 Å². The third kappa shape index (κ3) is 4.86. The normalized spacial score (nSPS) is 21.5. The highest BCUT2D eigenvalue weighted by Crippen LogP contribution is 2.28. The molecule has 0 aromatic rings. The fourth-order valence-corrected chi connectivity index (χ4v) is 2.28. The van der Waals surface area contributed by atoms with Crippen LogP contribution in [0.3, 0.4) is 0 Å². The maximum absolute atomic E-state index is 12.3. The molecule has 22 heavy (non-hydrogen) atoms. The molecule has 1 heterocycles. The lowest BCUT2D eigenvalue weighted by atomic mass is 10.3. The van der Waals surface area contributed by atoms with Gasteiger partial charge in [-0.1, -0.05) is 0 Å². The quantitative estimate of drug-likeness (QED) is 0.382. The third-order valence-corrected chi connectivity index (χ3v) is 3.59. The van der Waals surface area contributed by atoms with E-state index in [1.807, 2.05) is 4.90 Å². The Morgan fingerprint density at radius 1 is 1.45 bits per heavy atom. The van der Waals surface area contributed by atoms with Crippen molar-refractivity contribution in [3.63, 3.8) is 0 Å². The summed E-state index contributed by atoms with van der Waals surface area (Å²) in [5.74, 6) is 0.158. The predicted octanol–water partition coefficient (Wildman–Crippen LogP) is 0.410. The molecular formula is C12H20F3IN4O2. The summed E-state index contributed by atoms with van der Waals surface area (Å²) in [4.78, 5) is 19.3. The van der Waals surface area contributed by atoms with E-state index in [9.17, 15) is 18.0 Å². The number of hydrogen-bond donors (Lipinski definition) is 2. The molecular weight excluding hydrogens is 416 g/mol. The number of guanidine groups is 1. The first-order valence-electron chi connectivity index (χ1n) is 6.82. The fraction of sp³-hybridized carbons (Fsp3) is 0.833. The van der Waals surface area contributed by atoms with Gasteiger partial charge in [-0.3, -0.25) is 9.79 Å². The van der Waals surface area contributed by atoms with E-state index in [1.54, 1.807) is 4.90 Å². The molecule has 0 aromatic heterocycles. The van der Waals surface area contributed by atoms with Gasteiger partial charge in [-0.15, -0.1) is 24.0 Å². The minimum Gasteiger partial charge on any atom is -0.382 e. The van der Waals surface area contributed by atoms with Gasteiger partial charge >= 0.3 is 6.18 Å². The van der Waals surface area contributed by atoms with Gasteiger partial charge in [0.25, 0.3) is 0 Å². The van der Waals surface area contributed by atoms with E-state index in [0.717, 1.165) is 12.8 Å². The molecule has 2 fully saturated rings. The number of alkyl halides is 3. The number of aliphatic imine (C=N–C) groups is 1. The number of carbonyl (C=O) groups excluding carboxylic acids is 1. The zero-order valence-electron chi connectivity index (χ0n) is 12.1.